The molecule has 3 N–H and O–H groups in total. The third-order valence-electron chi connectivity index (χ3n) is 1.30. The minimum atomic E-state index is 0.156. The van der Waals surface area contributed by atoms with Gasteiger partial charge in [0.2, 0.25) is 0 Å². The molecule has 0 aromatic carbocycles. The molecule has 0 unspecified atom stereocenters. The number of nitrogens with two attached hydrogens (primary N) is 1. The molecule has 1 saturated heterocycles. The van der Waals surface area contributed by atoms with Crippen LogP contribution in [0.2, 0.25) is 0 Å². The predicted octanol–water partition coefficient (Wildman–Crippen LogP) is -0.391. The lowest BCUT2D eigenvalue weighted by atomic mass is 10.3. The van der Waals surface area contributed by atoms with E-state index in [1.807, 2.05) is 0 Å². The quantitative estimate of drug-likeness (QED) is 0.495. The summed E-state index contributed by atoms with van der Waals surface area (Å²) in [6.07, 6.45) is 1.22. The van der Waals surface area contributed by atoms with E-state index in [0.717, 1.165) is 19.5 Å². The van der Waals surface area contributed by atoms with Gasteiger partial charge in [-0.3, -0.25) is 0 Å². The molecule has 1 aliphatic rings. The first-order chi connectivity index (χ1) is 4.29. The molecule has 0 amide bonds. The molecule has 9 heavy (non-hydrogen) atoms. The van der Waals surface area contributed by atoms with Crippen LogP contribution in [-0.4, -0.2) is 24.4 Å². The van der Waals surface area contributed by atoms with Crippen molar-refractivity contribution in [2.75, 3.05) is 13.1 Å². The van der Waals surface area contributed by atoms with Gasteiger partial charge in [0.1, 0.15) is 6.10 Å². The molecule has 1 heterocycles. The summed E-state index contributed by atoms with van der Waals surface area (Å²) in [5.74, 6) is 0. The van der Waals surface area contributed by atoms with Crippen molar-refractivity contribution >= 4 is 17.4 Å². The van der Waals surface area contributed by atoms with Crippen LogP contribution in [0, 0.1) is 0 Å². The van der Waals surface area contributed by atoms with Crippen LogP contribution in [0.4, 0.5) is 0 Å². The first-order valence-electron chi connectivity index (χ1n) is 2.96. The Morgan fingerprint density at radius 3 is 3.00 bits per heavy atom. The third kappa shape index (κ3) is 2.15. The Balaban J connectivity index is 2.19. The van der Waals surface area contributed by atoms with Crippen molar-refractivity contribution in [1.29, 1.82) is 0 Å². The fourth-order valence-corrected chi connectivity index (χ4v) is 1.03. The molecule has 52 valence electrons. The molecular formula is C5H10N2OS. The smallest absolute Gasteiger partial charge is 0.254 e. The van der Waals surface area contributed by atoms with Crippen molar-refractivity contribution in [3.05, 3.63) is 0 Å². The number of rotatable bonds is 1. The van der Waals surface area contributed by atoms with Crippen molar-refractivity contribution in [3.8, 4) is 0 Å². The van der Waals surface area contributed by atoms with Crippen molar-refractivity contribution in [3.63, 3.8) is 0 Å². The van der Waals surface area contributed by atoms with Gasteiger partial charge in [-0.15, -0.1) is 0 Å². The van der Waals surface area contributed by atoms with E-state index in [1.165, 1.54) is 0 Å². The zero-order chi connectivity index (χ0) is 6.69. The van der Waals surface area contributed by atoms with E-state index < -0.39 is 0 Å². The Hall–Kier alpha value is -0.350. The van der Waals surface area contributed by atoms with Gasteiger partial charge in [-0.1, -0.05) is 0 Å². The molecule has 3 nitrogen and oxygen atoms in total. The summed E-state index contributed by atoms with van der Waals surface area (Å²) in [6.45, 7) is 1.88. The molecule has 0 aromatic heterocycles. The van der Waals surface area contributed by atoms with E-state index in [2.05, 4.69) is 17.5 Å². The van der Waals surface area contributed by atoms with Crippen molar-refractivity contribution < 1.29 is 4.74 Å². The Labute approximate surface area is 59.6 Å². The summed E-state index contributed by atoms with van der Waals surface area (Å²) in [6, 6.07) is 0. The van der Waals surface area contributed by atoms with E-state index in [0.29, 0.717) is 0 Å². The molecule has 0 radical (unpaired) electrons. The molecule has 0 spiro atoms. The van der Waals surface area contributed by atoms with Gasteiger partial charge in [0.05, 0.1) is 0 Å². The molecule has 1 aliphatic heterocycles. The van der Waals surface area contributed by atoms with Crippen molar-refractivity contribution in [2.45, 2.75) is 12.5 Å². The molecule has 1 rings (SSSR count). The van der Waals surface area contributed by atoms with Crippen molar-refractivity contribution in [1.82, 2.24) is 5.32 Å². The topological polar surface area (TPSA) is 47.3 Å². The highest BCUT2D eigenvalue weighted by Gasteiger charge is 2.15. The highest BCUT2D eigenvalue weighted by Crippen LogP contribution is 2.01. The van der Waals surface area contributed by atoms with E-state index in [1.54, 1.807) is 0 Å². The third-order valence-corrected chi connectivity index (χ3v) is 1.39. The van der Waals surface area contributed by atoms with Crippen LogP contribution in [-0.2, 0) is 4.74 Å². The van der Waals surface area contributed by atoms with Gasteiger partial charge in [0.25, 0.3) is 5.17 Å². The maximum Gasteiger partial charge on any atom is 0.254 e. The van der Waals surface area contributed by atoms with E-state index in [4.69, 9.17) is 10.5 Å². The molecule has 0 aromatic rings. The number of hydrogen-bond acceptors (Lipinski definition) is 3. The predicted molar refractivity (Wildman–Crippen MR) is 39.1 cm³/mol. The number of hydrogen-bond donors (Lipinski definition) is 2. The first kappa shape index (κ1) is 6.77. The highest BCUT2D eigenvalue weighted by molar-refractivity contribution is 7.80. The normalized spacial score (nSPS) is 26.0. The van der Waals surface area contributed by atoms with Gasteiger partial charge in [0, 0.05) is 6.54 Å². The SMILES string of the molecule is NC(=S)O[C@@H]1CCNC1. The first-order valence-corrected chi connectivity index (χ1v) is 3.36. The molecular weight excluding hydrogens is 136 g/mol. The highest BCUT2D eigenvalue weighted by atomic mass is 32.1. The van der Waals surface area contributed by atoms with Crippen LogP contribution in [0.1, 0.15) is 6.42 Å². The van der Waals surface area contributed by atoms with Crippen LogP contribution < -0.4 is 11.1 Å². The van der Waals surface area contributed by atoms with Crippen LogP contribution >= 0.6 is 12.2 Å². The average molecular weight is 146 g/mol. The molecule has 1 fully saturated rings. The van der Waals surface area contributed by atoms with Crippen molar-refractivity contribution in [2.24, 2.45) is 5.73 Å². The molecule has 0 bridgehead atoms. The van der Waals surface area contributed by atoms with Gasteiger partial charge in [-0.05, 0) is 25.2 Å². The average Bonchev–Trinajstić information content (AvgIpc) is 2.15. The lowest BCUT2D eigenvalue weighted by Gasteiger charge is -2.08. The summed E-state index contributed by atoms with van der Waals surface area (Å²) < 4.78 is 5.06. The summed E-state index contributed by atoms with van der Waals surface area (Å²) in [5, 5.41) is 3.29. The number of nitrogens with one attached hydrogen (secondary N) is 1. The minimum absolute atomic E-state index is 0.156. The fourth-order valence-electron chi connectivity index (χ4n) is 0.893. The Bertz CT molecular complexity index is 112. The summed E-state index contributed by atoms with van der Waals surface area (Å²) >= 11 is 4.56. The van der Waals surface area contributed by atoms with Crippen LogP contribution in [0.25, 0.3) is 0 Å². The molecule has 4 heteroatoms. The van der Waals surface area contributed by atoms with E-state index >= 15 is 0 Å². The number of thiocarbonyl (C=S) groups is 1. The zero-order valence-electron chi connectivity index (χ0n) is 5.09. The molecule has 0 aliphatic carbocycles. The van der Waals surface area contributed by atoms with Gasteiger partial charge >= 0.3 is 0 Å². The summed E-state index contributed by atoms with van der Waals surface area (Å²) in [4.78, 5) is 0. The standard InChI is InChI=1S/C5H10N2OS/c6-5(9)8-4-1-2-7-3-4/h4,7H,1-3H2,(H2,6,9)/t4-/m1/s1. The monoisotopic (exact) mass is 146 g/mol. The van der Waals surface area contributed by atoms with E-state index in [9.17, 15) is 0 Å². The Morgan fingerprint density at radius 2 is 2.56 bits per heavy atom. The van der Waals surface area contributed by atoms with E-state index in [-0.39, 0.29) is 11.3 Å². The second kappa shape index (κ2) is 2.98. The lowest BCUT2D eigenvalue weighted by molar-refractivity contribution is 0.212. The van der Waals surface area contributed by atoms with Gasteiger partial charge in [-0.25, -0.2) is 0 Å². The summed E-state index contributed by atoms with van der Waals surface area (Å²) in [7, 11) is 0. The lowest BCUT2D eigenvalue weighted by Crippen LogP contribution is -2.24. The van der Waals surface area contributed by atoms with Crippen LogP contribution in [0.5, 0.6) is 0 Å². The maximum absolute atomic E-state index is 5.15. The largest absolute Gasteiger partial charge is 0.466 e. The van der Waals surface area contributed by atoms with Crippen LogP contribution in [0.15, 0.2) is 0 Å². The Kier molecular flexibility index (Phi) is 2.24. The van der Waals surface area contributed by atoms with Gasteiger partial charge in [-0.2, -0.15) is 0 Å². The zero-order valence-corrected chi connectivity index (χ0v) is 5.91. The fraction of sp³-hybridized carbons (Fsp3) is 0.800. The number of ether oxygens (including phenoxy) is 1. The second-order valence-electron chi connectivity index (χ2n) is 2.05. The second-order valence-corrected chi connectivity index (χ2v) is 2.45. The van der Waals surface area contributed by atoms with Crippen LogP contribution in [0.3, 0.4) is 0 Å². The van der Waals surface area contributed by atoms with Gasteiger partial charge in [0.15, 0.2) is 0 Å². The maximum atomic E-state index is 5.15. The van der Waals surface area contributed by atoms with Gasteiger partial charge < -0.3 is 15.8 Å². The Morgan fingerprint density at radius 1 is 1.78 bits per heavy atom. The summed E-state index contributed by atoms with van der Waals surface area (Å²) in [5.41, 5.74) is 5.15. The molecule has 1 atom stereocenters. The molecule has 0 saturated carbocycles. The minimum Gasteiger partial charge on any atom is -0.466 e.